The van der Waals surface area contributed by atoms with Gasteiger partial charge in [0.05, 0.1) is 15.2 Å². The summed E-state index contributed by atoms with van der Waals surface area (Å²) in [4.78, 5) is 29.0. The fourth-order valence-corrected chi connectivity index (χ4v) is 6.90. The van der Waals surface area contributed by atoms with Gasteiger partial charge >= 0.3 is 12.1 Å². The molecule has 0 aromatic heterocycles. The Morgan fingerprint density at radius 2 is 1.76 bits per heavy atom. The summed E-state index contributed by atoms with van der Waals surface area (Å²) in [5.74, 6) is -2.91. The molecular formula is C21H25ClF3N3O5S. The van der Waals surface area contributed by atoms with Gasteiger partial charge in [0.15, 0.2) is 9.84 Å². The van der Waals surface area contributed by atoms with Crippen molar-refractivity contribution in [3.63, 3.8) is 0 Å². The van der Waals surface area contributed by atoms with Crippen LogP contribution in [0.15, 0.2) is 23.1 Å². The van der Waals surface area contributed by atoms with Crippen LogP contribution in [-0.2, 0) is 19.4 Å². The molecule has 1 N–H and O–H groups in total. The second kappa shape index (κ2) is 8.56. The minimum Gasteiger partial charge on any atom is -0.480 e. The summed E-state index contributed by atoms with van der Waals surface area (Å²) < 4.78 is 67.0. The van der Waals surface area contributed by atoms with E-state index < -0.39 is 70.4 Å². The third kappa shape index (κ3) is 4.24. The van der Waals surface area contributed by atoms with E-state index in [1.807, 2.05) is 7.05 Å². The highest BCUT2D eigenvalue weighted by atomic mass is 35.5. The number of carboxylic acids is 1. The molecule has 2 heterocycles. The fourth-order valence-electron chi connectivity index (χ4n) is 4.66. The number of piperazine rings is 1. The quantitative estimate of drug-likeness (QED) is 0.632. The lowest BCUT2D eigenvalue weighted by atomic mass is 10.0. The number of alkyl halides is 3. The molecular weight excluding hydrogens is 499 g/mol. The van der Waals surface area contributed by atoms with Crippen LogP contribution in [0.25, 0.3) is 0 Å². The van der Waals surface area contributed by atoms with E-state index >= 15 is 0 Å². The number of benzene rings is 1. The third-order valence-corrected chi connectivity index (χ3v) is 9.65. The maximum absolute atomic E-state index is 13.5. The molecule has 0 radical (unpaired) electrons. The van der Waals surface area contributed by atoms with E-state index in [9.17, 15) is 36.3 Å². The van der Waals surface area contributed by atoms with Crippen molar-refractivity contribution in [3.8, 4) is 0 Å². The third-order valence-electron chi connectivity index (χ3n) is 7.04. The van der Waals surface area contributed by atoms with Crippen molar-refractivity contribution < 1.29 is 36.3 Å². The largest absolute Gasteiger partial charge is 0.480 e. The summed E-state index contributed by atoms with van der Waals surface area (Å²) in [7, 11) is -2.22. The van der Waals surface area contributed by atoms with Crippen molar-refractivity contribution in [2.75, 3.05) is 44.7 Å². The lowest BCUT2D eigenvalue weighted by Crippen LogP contribution is -2.48. The SMILES string of the molecule is CN1CCN(c2ccc(S(=O)(=O)[C@@H]3C[C@@H](C(=O)O)N(C(=O)C4(C(F)(F)F)CC4)C3)c(Cl)c2)CC1. The van der Waals surface area contributed by atoms with Crippen LogP contribution in [-0.4, -0.2) is 92.4 Å². The maximum atomic E-state index is 13.5. The van der Waals surface area contributed by atoms with E-state index in [0.29, 0.717) is 4.90 Å². The van der Waals surface area contributed by atoms with Crippen molar-refractivity contribution in [2.45, 2.75) is 41.6 Å². The van der Waals surface area contributed by atoms with Gasteiger partial charge < -0.3 is 19.8 Å². The molecule has 4 rings (SSSR count). The Kier molecular flexibility index (Phi) is 6.31. The average Bonchev–Trinajstić information content (AvgIpc) is 3.45. The highest BCUT2D eigenvalue weighted by Gasteiger charge is 2.70. The van der Waals surface area contributed by atoms with Gasteiger partial charge in [-0.25, -0.2) is 13.2 Å². The number of nitrogens with zero attached hydrogens (tertiary/aromatic N) is 3. The molecule has 13 heteroatoms. The van der Waals surface area contributed by atoms with Crippen LogP contribution in [0.4, 0.5) is 18.9 Å². The average molecular weight is 524 g/mol. The summed E-state index contributed by atoms with van der Waals surface area (Å²) in [5, 5.41) is 8.09. The van der Waals surface area contributed by atoms with Gasteiger partial charge in [0.1, 0.15) is 11.5 Å². The van der Waals surface area contributed by atoms with Gasteiger partial charge in [-0.3, -0.25) is 4.79 Å². The van der Waals surface area contributed by atoms with E-state index in [1.165, 1.54) is 12.1 Å². The zero-order valence-corrected chi connectivity index (χ0v) is 20.0. The molecule has 188 valence electrons. The molecule has 1 amide bonds. The van der Waals surface area contributed by atoms with E-state index in [4.69, 9.17) is 11.6 Å². The van der Waals surface area contributed by atoms with Crippen LogP contribution in [0.5, 0.6) is 0 Å². The minimum absolute atomic E-state index is 0.0537. The highest BCUT2D eigenvalue weighted by Crippen LogP contribution is 2.59. The number of halogens is 4. The minimum atomic E-state index is -4.83. The lowest BCUT2D eigenvalue weighted by Gasteiger charge is -2.34. The Bertz CT molecular complexity index is 1100. The number of likely N-dealkylation sites (tertiary alicyclic amines) is 1. The van der Waals surface area contributed by atoms with Gasteiger partial charge in [0.25, 0.3) is 0 Å². The number of carboxylic acid groups (broad SMARTS) is 1. The van der Waals surface area contributed by atoms with Crippen molar-refractivity contribution in [1.82, 2.24) is 9.80 Å². The number of rotatable bonds is 5. The van der Waals surface area contributed by atoms with Gasteiger partial charge in [-0.2, -0.15) is 13.2 Å². The topological polar surface area (TPSA) is 98.2 Å². The first-order valence-corrected chi connectivity index (χ1v) is 12.8. The summed E-state index contributed by atoms with van der Waals surface area (Å²) in [6.07, 6.45) is -6.20. The zero-order valence-electron chi connectivity index (χ0n) is 18.4. The van der Waals surface area contributed by atoms with E-state index in [0.717, 1.165) is 31.9 Å². The van der Waals surface area contributed by atoms with Gasteiger partial charge in [0.2, 0.25) is 5.91 Å². The molecule has 8 nitrogen and oxygen atoms in total. The van der Waals surface area contributed by atoms with E-state index in [2.05, 4.69) is 9.80 Å². The van der Waals surface area contributed by atoms with E-state index in [1.54, 1.807) is 6.07 Å². The van der Waals surface area contributed by atoms with Crippen molar-refractivity contribution in [3.05, 3.63) is 23.2 Å². The smallest absolute Gasteiger partial charge is 0.403 e. The number of amides is 1. The van der Waals surface area contributed by atoms with Crippen LogP contribution >= 0.6 is 11.6 Å². The molecule has 3 aliphatic rings. The molecule has 0 spiro atoms. The second-order valence-electron chi connectivity index (χ2n) is 9.20. The first-order chi connectivity index (χ1) is 15.8. The summed E-state index contributed by atoms with van der Waals surface area (Å²) in [6, 6.07) is 2.81. The van der Waals surface area contributed by atoms with Crippen LogP contribution < -0.4 is 4.90 Å². The van der Waals surface area contributed by atoms with E-state index in [-0.39, 0.29) is 9.92 Å². The molecule has 2 atom stereocenters. The molecule has 0 unspecified atom stereocenters. The number of carbonyl (C=O) groups excluding carboxylic acids is 1. The Balaban J connectivity index is 1.58. The normalized spacial score (nSPS) is 25.4. The van der Waals surface area contributed by atoms with Crippen LogP contribution in [0.3, 0.4) is 0 Å². The predicted octanol–water partition coefficient (Wildman–Crippen LogP) is 2.26. The molecule has 1 aromatic carbocycles. The summed E-state index contributed by atoms with van der Waals surface area (Å²) >= 11 is 6.32. The fraction of sp³-hybridized carbons (Fsp3) is 0.619. The summed E-state index contributed by atoms with van der Waals surface area (Å²) in [6.45, 7) is 2.51. The van der Waals surface area contributed by atoms with Crippen molar-refractivity contribution in [2.24, 2.45) is 5.41 Å². The Labute approximate surface area is 200 Å². The highest BCUT2D eigenvalue weighted by molar-refractivity contribution is 7.92. The maximum Gasteiger partial charge on any atom is 0.403 e. The number of likely N-dealkylation sites (N-methyl/N-ethyl adjacent to an activating group) is 1. The van der Waals surface area contributed by atoms with Gasteiger partial charge in [-0.15, -0.1) is 0 Å². The number of carbonyl (C=O) groups is 2. The molecule has 1 saturated carbocycles. The first kappa shape index (κ1) is 25.1. The van der Waals surface area contributed by atoms with Crippen LogP contribution in [0, 0.1) is 5.41 Å². The first-order valence-electron chi connectivity index (χ1n) is 10.9. The standard InChI is InChI=1S/C21H25ClF3N3O5S/c1-26-6-8-27(9-7-26)13-2-3-17(15(22)10-13)34(32,33)14-11-16(18(29)30)28(12-14)19(31)20(4-5-20)21(23,24)25/h2-3,10,14,16H,4-9,11-12H2,1H3,(H,29,30)/t14-,16+/m1/s1. The molecule has 1 aliphatic carbocycles. The van der Waals surface area contributed by atoms with Crippen LogP contribution in [0.1, 0.15) is 19.3 Å². The van der Waals surface area contributed by atoms with Gasteiger partial charge in [0, 0.05) is 38.4 Å². The molecule has 3 fully saturated rings. The molecule has 1 aromatic rings. The predicted molar refractivity (Wildman–Crippen MR) is 118 cm³/mol. The Hall–Kier alpha value is -2.05. The molecule has 0 bridgehead atoms. The number of hydrogen-bond acceptors (Lipinski definition) is 6. The Morgan fingerprint density at radius 1 is 1.15 bits per heavy atom. The number of sulfone groups is 1. The molecule has 34 heavy (non-hydrogen) atoms. The number of aliphatic carboxylic acids is 1. The number of hydrogen-bond donors (Lipinski definition) is 1. The molecule has 2 saturated heterocycles. The Morgan fingerprint density at radius 3 is 2.26 bits per heavy atom. The van der Waals surface area contributed by atoms with Crippen molar-refractivity contribution in [1.29, 1.82) is 0 Å². The zero-order chi connectivity index (χ0) is 25.1. The summed E-state index contributed by atoms with van der Waals surface area (Å²) in [5.41, 5.74) is -1.88. The monoisotopic (exact) mass is 523 g/mol. The lowest BCUT2D eigenvalue weighted by molar-refractivity contribution is -0.199. The van der Waals surface area contributed by atoms with Gasteiger partial charge in [-0.05, 0) is 44.5 Å². The number of anilines is 1. The van der Waals surface area contributed by atoms with Crippen LogP contribution in [0.2, 0.25) is 5.02 Å². The second-order valence-corrected chi connectivity index (χ2v) is 11.8. The molecule has 2 aliphatic heterocycles. The van der Waals surface area contributed by atoms with Gasteiger partial charge in [-0.1, -0.05) is 11.6 Å². The van der Waals surface area contributed by atoms with Crippen molar-refractivity contribution >= 4 is 39.0 Å².